The third-order valence-corrected chi connectivity index (χ3v) is 3.03. The number of amides is 3. The quantitative estimate of drug-likeness (QED) is 0.470. The fraction of sp³-hybridized carbons (Fsp3) is 0.368. The van der Waals surface area contributed by atoms with Gasteiger partial charge >= 0.3 is 12.1 Å². The lowest BCUT2D eigenvalue weighted by Crippen LogP contribution is -2.43. The maximum absolute atomic E-state index is 12.0. The second-order valence-corrected chi connectivity index (χ2v) is 6.64. The predicted molar refractivity (Wildman–Crippen MR) is 102 cm³/mol. The number of hydrogen-bond donors (Lipinski definition) is 3. The van der Waals surface area contributed by atoms with Gasteiger partial charge in [-0.3, -0.25) is 9.59 Å². The van der Waals surface area contributed by atoms with Crippen LogP contribution in [-0.4, -0.2) is 49.7 Å². The van der Waals surface area contributed by atoms with Crippen molar-refractivity contribution in [3.63, 3.8) is 0 Å². The van der Waals surface area contributed by atoms with E-state index in [1.807, 2.05) is 6.07 Å². The molecule has 0 saturated carbocycles. The number of carbonyl (C=O) groups is 4. The Hall–Kier alpha value is -3.36. The Kier molecular flexibility index (Phi) is 8.67. The van der Waals surface area contributed by atoms with Gasteiger partial charge in [-0.2, -0.15) is 0 Å². The van der Waals surface area contributed by atoms with Crippen LogP contribution >= 0.6 is 0 Å². The summed E-state index contributed by atoms with van der Waals surface area (Å²) in [4.78, 5) is 47.0. The monoisotopic (exact) mass is 391 g/mol. The van der Waals surface area contributed by atoms with Gasteiger partial charge in [0.15, 0.2) is 0 Å². The molecule has 0 radical (unpaired) electrons. The Morgan fingerprint density at radius 3 is 2.14 bits per heavy atom. The summed E-state index contributed by atoms with van der Waals surface area (Å²) in [6, 6.07) is 8.87. The minimum absolute atomic E-state index is 0.0696. The second kappa shape index (κ2) is 10.7. The van der Waals surface area contributed by atoms with Crippen LogP contribution in [0.3, 0.4) is 0 Å². The van der Waals surface area contributed by atoms with E-state index in [1.54, 1.807) is 45.0 Å². The van der Waals surface area contributed by atoms with Crippen LogP contribution in [0.15, 0.2) is 36.0 Å². The average molecular weight is 391 g/mol. The summed E-state index contributed by atoms with van der Waals surface area (Å²) in [5, 5.41) is 6.99. The molecule has 1 rings (SSSR count). The lowest BCUT2D eigenvalue weighted by molar-refractivity contribution is -0.137. The highest BCUT2D eigenvalue weighted by molar-refractivity contribution is 5.99. The first-order valence-electron chi connectivity index (χ1n) is 8.49. The molecule has 0 bridgehead atoms. The summed E-state index contributed by atoms with van der Waals surface area (Å²) in [5.74, 6) is -1.94. The summed E-state index contributed by atoms with van der Waals surface area (Å²) in [7, 11) is 1.19. The van der Waals surface area contributed by atoms with Crippen LogP contribution in [-0.2, 0) is 23.9 Å². The van der Waals surface area contributed by atoms with Crippen molar-refractivity contribution >= 4 is 30.0 Å². The maximum atomic E-state index is 12.0. The van der Waals surface area contributed by atoms with E-state index in [9.17, 15) is 19.2 Å². The molecule has 0 aliphatic carbocycles. The SMILES string of the molecule is COC(=O)C(=Cc1ccccc1)NC(=O)CNC(=O)CNC(=O)OC(C)(C)C. The van der Waals surface area contributed by atoms with Gasteiger partial charge in [-0.1, -0.05) is 30.3 Å². The van der Waals surface area contributed by atoms with E-state index < -0.39 is 36.0 Å². The predicted octanol–water partition coefficient (Wildman–Crippen LogP) is 0.958. The molecule has 0 aliphatic heterocycles. The van der Waals surface area contributed by atoms with E-state index in [4.69, 9.17) is 4.74 Å². The van der Waals surface area contributed by atoms with Crippen molar-refractivity contribution in [2.75, 3.05) is 20.2 Å². The first-order valence-corrected chi connectivity index (χ1v) is 8.49. The molecule has 3 N–H and O–H groups in total. The van der Waals surface area contributed by atoms with E-state index in [1.165, 1.54) is 13.2 Å². The van der Waals surface area contributed by atoms with Crippen LogP contribution in [0.2, 0.25) is 0 Å². The number of carbonyl (C=O) groups excluding carboxylic acids is 4. The van der Waals surface area contributed by atoms with Crippen LogP contribution in [0, 0.1) is 0 Å². The Morgan fingerprint density at radius 1 is 0.964 bits per heavy atom. The van der Waals surface area contributed by atoms with Gasteiger partial charge in [-0.05, 0) is 32.4 Å². The fourth-order valence-corrected chi connectivity index (χ4v) is 1.87. The first-order chi connectivity index (χ1) is 13.1. The highest BCUT2D eigenvalue weighted by Crippen LogP contribution is 2.06. The molecule has 9 heteroatoms. The van der Waals surface area contributed by atoms with Crippen molar-refractivity contribution in [2.24, 2.45) is 0 Å². The zero-order chi connectivity index (χ0) is 21.2. The molecule has 0 aromatic heterocycles. The Balaban J connectivity index is 2.52. The lowest BCUT2D eigenvalue weighted by atomic mass is 10.2. The molecule has 0 unspecified atom stereocenters. The zero-order valence-electron chi connectivity index (χ0n) is 16.3. The van der Waals surface area contributed by atoms with Gasteiger partial charge < -0.3 is 25.4 Å². The molecule has 9 nitrogen and oxygen atoms in total. The summed E-state index contributed by atoms with van der Waals surface area (Å²) >= 11 is 0. The van der Waals surface area contributed by atoms with Gasteiger partial charge in [-0.25, -0.2) is 9.59 Å². The molecule has 0 atom stereocenters. The van der Waals surface area contributed by atoms with E-state index in [-0.39, 0.29) is 12.2 Å². The Morgan fingerprint density at radius 2 is 1.57 bits per heavy atom. The molecular weight excluding hydrogens is 366 g/mol. The van der Waals surface area contributed by atoms with Crippen LogP contribution < -0.4 is 16.0 Å². The number of rotatable bonds is 7. The summed E-state index contributed by atoms with van der Waals surface area (Å²) in [5.41, 5.74) is -0.0656. The van der Waals surface area contributed by atoms with Crippen molar-refractivity contribution in [1.29, 1.82) is 0 Å². The van der Waals surface area contributed by atoms with Gasteiger partial charge in [-0.15, -0.1) is 0 Å². The number of benzene rings is 1. The fourth-order valence-electron chi connectivity index (χ4n) is 1.87. The second-order valence-electron chi connectivity index (χ2n) is 6.64. The molecule has 3 amide bonds. The molecule has 0 aliphatic rings. The number of methoxy groups -OCH3 is 1. The van der Waals surface area contributed by atoms with Gasteiger partial charge in [0, 0.05) is 0 Å². The number of hydrogen-bond acceptors (Lipinski definition) is 6. The first kappa shape index (κ1) is 22.7. The van der Waals surface area contributed by atoms with Crippen molar-refractivity contribution in [3.05, 3.63) is 41.6 Å². The average Bonchev–Trinajstić information content (AvgIpc) is 2.63. The van der Waals surface area contributed by atoms with Crippen molar-refractivity contribution < 1.29 is 28.7 Å². The standard InChI is InChI=1S/C19H25N3O6/c1-19(2,3)28-18(26)21-11-15(23)20-12-16(24)22-14(17(25)27-4)10-13-8-6-5-7-9-13/h5-10H,11-12H2,1-4H3,(H,20,23)(H,21,26)(H,22,24). The zero-order valence-corrected chi connectivity index (χ0v) is 16.3. The lowest BCUT2D eigenvalue weighted by Gasteiger charge is -2.19. The van der Waals surface area contributed by atoms with Gasteiger partial charge in [0.05, 0.1) is 13.7 Å². The van der Waals surface area contributed by atoms with Gasteiger partial charge in [0.25, 0.3) is 0 Å². The molecule has 1 aromatic carbocycles. The Bertz CT molecular complexity index is 738. The number of esters is 1. The van der Waals surface area contributed by atoms with Crippen LogP contribution in [0.4, 0.5) is 4.79 Å². The van der Waals surface area contributed by atoms with Crippen molar-refractivity contribution in [1.82, 2.24) is 16.0 Å². The maximum Gasteiger partial charge on any atom is 0.408 e. The molecule has 0 spiro atoms. The highest BCUT2D eigenvalue weighted by atomic mass is 16.6. The topological polar surface area (TPSA) is 123 Å². The van der Waals surface area contributed by atoms with Crippen molar-refractivity contribution in [2.45, 2.75) is 26.4 Å². The van der Waals surface area contributed by atoms with E-state index >= 15 is 0 Å². The number of ether oxygens (including phenoxy) is 2. The normalized spacial score (nSPS) is 11.2. The molecular formula is C19H25N3O6. The molecule has 1 aromatic rings. The molecule has 28 heavy (non-hydrogen) atoms. The minimum atomic E-state index is -0.745. The van der Waals surface area contributed by atoms with E-state index in [0.717, 1.165) is 0 Å². The van der Waals surface area contributed by atoms with Crippen LogP contribution in [0.1, 0.15) is 26.3 Å². The van der Waals surface area contributed by atoms with Crippen molar-refractivity contribution in [3.8, 4) is 0 Å². The summed E-state index contributed by atoms with van der Waals surface area (Å²) in [6.07, 6.45) is 0.709. The number of nitrogens with one attached hydrogen (secondary N) is 3. The van der Waals surface area contributed by atoms with Gasteiger partial charge in [0.1, 0.15) is 17.8 Å². The van der Waals surface area contributed by atoms with Crippen LogP contribution in [0.5, 0.6) is 0 Å². The Labute approximate surface area is 163 Å². The third-order valence-electron chi connectivity index (χ3n) is 3.03. The summed E-state index contributed by atoms with van der Waals surface area (Å²) < 4.78 is 9.64. The van der Waals surface area contributed by atoms with E-state index in [2.05, 4.69) is 20.7 Å². The molecule has 0 saturated heterocycles. The molecule has 0 fully saturated rings. The number of alkyl carbamates (subject to hydrolysis) is 1. The minimum Gasteiger partial charge on any atom is -0.464 e. The highest BCUT2D eigenvalue weighted by Gasteiger charge is 2.17. The molecule has 0 heterocycles. The molecule has 152 valence electrons. The summed E-state index contributed by atoms with van der Waals surface area (Å²) in [6.45, 7) is 4.33. The smallest absolute Gasteiger partial charge is 0.408 e. The van der Waals surface area contributed by atoms with Crippen LogP contribution in [0.25, 0.3) is 6.08 Å². The largest absolute Gasteiger partial charge is 0.464 e. The third kappa shape index (κ3) is 9.37. The van der Waals surface area contributed by atoms with Gasteiger partial charge in [0.2, 0.25) is 11.8 Å². The van der Waals surface area contributed by atoms with E-state index in [0.29, 0.717) is 5.56 Å².